The van der Waals surface area contributed by atoms with Gasteiger partial charge in [0, 0.05) is 0 Å². The average Bonchev–Trinajstić information content (AvgIpc) is 2.48. The topological polar surface area (TPSA) is 47.6 Å². The van der Waals surface area contributed by atoms with Crippen LogP contribution in [-0.4, -0.2) is 29.5 Å². The van der Waals surface area contributed by atoms with E-state index in [1.165, 1.54) is 0 Å². The highest BCUT2D eigenvalue weighted by atomic mass is 32.2. The summed E-state index contributed by atoms with van der Waals surface area (Å²) >= 11 is -1.45. The molecule has 1 heterocycles. The van der Waals surface area contributed by atoms with Crippen molar-refractivity contribution in [1.29, 1.82) is 0 Å². The maximum absolute atomic E-state index is 12.3. The molecule has 0 aromatic heterocycles. The molecular weight excluding hydrogens is 286 g/mol. The zero-order valence-corrected chi connectivity index (χ0v) is 13.3. The van der Waals surface area contributed by atoms with E-state index in [9.17, 15) is 4.21 Å². The standard InChI is InChI=1S/C16H21NO3S/c1-3-4-13-19-14-5-7-15(8-6-14)21(18)20-16(2)9-11-17-12-10-16/h5-8,17H,9-13H2,1-2H3. The predicted molar refractivity (Wildman–Crippen MR) is 83.4 cm³/mol. The Balaban J connectivity index is 1.94. The fraction of sp³-hybridized carbons (Fsp3) is 0.500. The predicted octanol–water partition coefficient (Wildman–Crippen LogP) is 2.27. The van der Waals surface area contributed by atoms with Gasteiger partial charge in [-0.25, -0.2) is 4.21 Å². The Morgan fingerprint density at radius 1 is 1.29 bits per heavy atom. The highest BCUT2D eigenvalue weighted by molar-refractivity contribution is 7.80. The number of piperidine rings is 1. The Morgan fingerprint density at radius 3 is 2.57 bits per heavy atom. The third-order valence-corrected chi connectivity index (χ3v) is 4.65. The first-order valence-corrected chi connectivity index (χ1v) is 8.15. The second kappa shape index (κ2) is 7.60. The molecule has 1 N–H and O–H groups in total. The summed E-state index contributed by atoms with van der Waals surface area (Å²) in [6.07, 6.45) is 1.74. The van der Waals surface area contributed by atoms with Crippen LogP contribution in [0.15, 0.2) is 29.2 Å². The summed E-state index contributed by atoms with van der Waals surface area (Å²) in [5.74, 6) is 6.31. The van der Waals surface area contributed by atoms with E-state index in [0.29, 0.717) is 17.3 Å². The fourth-order valence-corrected chi connectivity index (χ4v) is 3.10. The zero-order chi connectivity index (χ0) is 15.1. The van der Waals surface area contributed by atoms with Gasteiger partial charge in [0.25, 0.3) is 0 Å². The molecule has 0 amide bonds. The maximum Gasteiger partial charge on any atom is 0.189 e. The van der Waals surface area contributed by atoms with Crippen LogP contribution in [0.4, 0.5) is 0 Å². The van der Waals surface area contributed by atoms with Gasteiger partial charge in [-0.15, -0.1) is 5.92 Å². The summed E-state index contributed by atoms with van der Waals surface area (Å²) in [5.41, 5.74) is -0.317. The van der Waals surface area contributed by atoms with E-state index in [1.54, 1.807) is 31.2 Å². The van der Waals surface area contributed by atoms with Gasteiger partial charge in [-0.05, 0) is 64.0 Å². The third kappa shape index (κ3) is 4.85. The Bertz CT molecular complexity index is 539. The minimum atomic E-state index is -1.45. The highest BCUT2D eigenvalue weighted by Crippen LogP contribution is 2.26. The molecule has 1 fully saturated rings. The van der Waals surface area contributed by atoms with E-state index < -0.39 is 11.1 Å². The maximum atomic E-state index is 12.3. The van der Waals surface area contributed by atoms with Crippen LogP contribution in [0.25, 0.3) is 0 Å². The van der Waals surface area contributed by atoms with Gasteiger partial charge in [-0.1, -0.05) is 5.92 Å². The Labute approximate surface area is 128 Å². The molecule has 2 rings (SSSR count). The fourth-order valence-electron chi connectivity index (χ4n) is 2.11. The third-order valence-electron chi connectivity index (χ3n) is 3.44. The SMILES string of the molecule is CC#CCOc1ccc(S(=O)OC2(C)CCNCC2)cc1. The lowest BCUT2D eigenvalue weighted by Crippen LogP contribution is -2.42. The van der Waals surface area contributed by atoms with Gasteiger partial charge in [0.05, 0.1) is 10.5 Å². The van der Waals surface area contributed by atoms with Crippen LogP contribution < -0.4 is 10.1 Å². The van der Waals surface area contributed by atoms with E-state index in [-0.39, 0.29) is 5.60 Å². The van der Waals surface area contributed by atoms with Crippen molar-refractivity contribution in [2.24, 2.45) is 0 Å². The molecule has 1 aromatic carbocycles. The summed E-state index contributed by atoms with van der Waals surface area (Å²) in [7, 11) is 0. The van der Waals surface area contributed by atoms with Crippen molar-refractivity contribution in [2.75, 3.05) is 19.7 Å². The number of ether oxygens (including phenoxy) is 1. The van der Waals surface area contributed by atoms with Crippen molar-refractivity contribution in [1.82, 2.24) is 5.32 Å². The molecular formula is C16H21NO3S. The van der Waals surface area contributed by atoms with Crippen molar-refractivity contribution in [3.05, 3.63) is 24.3 Å². The molecule has 0 spiro atoms. The van der Waals surface area contributed by atoms with E-state index in [1.807, 2.05) is 6.92 Å². The van der Waals surface area contributed by atoms with Crippen molar-refractivity contribution in [3.63, 3.8) is 0 Å². The van der Waals surface area contributed by atoms with E-state index in [0.717, 1.165) is 25.9 Å². The quantitative estimate of drug-likeness (QED) is 0.848. The molecule has 1 aromatic rings. The molecule has 1 aliphatic rings. The van der Waals surface area contributed by atoms with Crippen LogP contribution in [-0.2, 0) is 15.3 Å². The minimum absolute atomic E-state index is 0.317. The van der Waals surface area contributed by atoms with E-state index in [4.69, 9.17) is 8.92 Å². The van der Waals surface area contributed by atoms with Crippen LogP contribution in [0.5, 0.6) is 5.75 Å². The average molecular weight is 307 g/mol. The monoisotopic (exact) mass is 307 g/mol. The van der Waals surface area contributed by atoms with Gasteiger partial charge >= 0.3 is 0 Å². The molecule has 1 aliphatic heterocycles. The van der Waals surface area contributed by atoms with Crippen molar-refractivity contribution >= 4 is 11.1 Å². The molecule has 1 atom stereocenters. The van der Waals surface area contributed by atoms with Gasteiger partial charge in [-0.2, -0.15) is 0 Å². The highest BCUT2D eigenvalue weighted by Gasteiger charge is 2.30. The molecule has 0 radical (unpaired) electrons. The van der Waals surface area contributed by atoms with Crippen LogP contribution in [0.1, 0.15) is 26.7 Å². The second-order valence-electron chi connectivity index (χ2n) is 5.20. The summed E-state index contributed by atoms with van der Waals surface area (Å²) in [6.45, 7) is 5.96. The first kappa shape index (κ1) is 16.0. The van der Waals surface area contributed by atoms with Crippen molar-refractivity contribution in [3.8, 4) is 17.6 Å². The van der Waals surface area contributed by atoms with Crippen LogP contribution >= 0.6 is 0 Å². The molecule has 114 valence electrons. The first-order valence-electron chi connectivity index (χ1n) is 7.07. The number of hydrogen-bond acceptors (Lipinski definition) is 4. The number of rotatable bonds is 5. The number of nitrogens with one attached hydrogen (secondary N) is 1. The van der Waals surface area contributed by atoms with Gasteiger partial charge in [0.15, 0.2) is 11.1 Å². The van der Waals surface area contributed by atoms with Crippen LogP contribution in [0.3, 0.4) is 0 Å². The number of benzene rings is 1. The molecule has 1 unspecified atom stereocenters. The van der Waals surface area contributed by atoms with Crippen molar-refractivity contribution < 1.29 is 13.1 Å². The Morgan fingerprint density at radius 2 is 1.95 bits per heavy atom. The molecule has 1 saturated heterocycles. The molecule has 0 saturated carbocycles. The van der Waals surface area contributed by atoms with Gasteiger partial charge in [0.2, 0.25) is 0 Å². The van der Waals surface area contributed by atoms with E-state index in [2.05, 4.69) is 17.2 Å². The lowest BCUT2D eigenvalue weighted by atomic mass is 9.95. The summed E-state index contributed by atoms with van der Waals surface area (Å²) in [4.78, 5) is 0.656. The molecule has 0 bridgehead atoms. The smallest absolute Gasteiger partial charge is 0.189 e. The van der Waals surface area contributed by atoms with E-state index >= 15 is 0 Å². The van der Waals surface area contributed by atoms with Gasteiger partial charge < -0.3 is 10.1 Å². The van der Waals surface area contributed by atoms with Crippen LogP contribution in [0.2, 0.25) is 0 Å². The van der Waals surface area contributed by atoms with Crippen molar-refractivity contribution in [2.45, 2.75) is 37.2 Å². The lowest BCUT2D eigenvalue weighted by Gasteiger charge is -2.32. The summed E-state index contributed by atoms with van der Waals surface area (Å²) in [6, 6.07) is 7.13. The molecule has 0 aliphatic carbocycles. The summed E-state index contributed by atoms with van der Waals surface area (Å²) in [5, 5.41) is 3.28. The summed E-state index contributed by atoms with van der Waals surface area (Å²) < 4.78 is 23.5. The zero-order valence-electron chi connectivity index (χ0n) is 12.5. The lowest BCUT2D eigenvalue weighted by molar-refractivity contribution is 0.0710. The normalized spacial score (nSPS) is 18.4. The Hall–Kier alpha value is -1.35. The second-order valence-corrected chi connectivity index (χ2v) is 6.31. The molecule has 21 heavy (non-hydrogen) atoms. The van der Waals surface area contributed by atoms with Gasteiger partial charge in [0.1, 0.15) is 12.4 Å². The van der Waals surface area contributed by atoms with Crippen LogP contribution in [0, 0.1) is 11.8 Å². The first-order chi connectivity index (χ1) is 10.1. The number of hydrogen-bond donors (Lipinski definition) is 1. The largest absolute Gasteiger partial charge is 0.481 e. The molecule has 4 nitrogen and oxygen atoms in total. The minimum Gasteiger partial charge on any atom is -0.481 e. The Kier molecular flexibility index (Phi) is 5.80. The van der Waals surface area contributed by atoms with Gasteiger partial charge in [-0.3, -0.25) is 4.18 Å². The molecule has 5 heteroatoms.